The summed E-state index contributed by atoms with van der Waals surface area (Å²) in [5.41, 5.74) is 5.48. The van der Waals surface area contributed by atoms with Gasteiger partial charge in [0.15, 0.2) is 0 Å². The Balaban J connectivity index is 1.96. The van der Waals surface area contributed by atoms with E-state index in [0.717, 1.165) is 38.7 Å². The molecule has 0 bridgehead atoms. The maximum absolute atomic E-state index is 11.5. The summed E-state index contributed by atoms with van der Waals surface area (Å²) in [4.78, 5) is 13.5. The molecule has 2 aromatic carbocycles. The molecule has 188 valence electrons. The van der Waals surface area contributed by atoms with Crippen molar-refractivity contribution in [2.75, 3.05) is 38.3 Å². The second-order valence-electron chi connectivity index (χ2n) is 9.13. The zero-order valence-corrected chi connectivity index (χ0v) is 21.5. The van der Waals surface area contributed by atoms with Gasteiger partial charge in [0.1, 0.15) is 24.9 Å². The second-order valence-corrected chi connectivity index (χ2v) is 10.7. The Morgan fingerprint density at radius 3 is 2.39 bits per heavy atom. The fourth-order valence-corrected chi connectivity index (χ4v) is 4.86. The number of aromatic carboxylic acids is 1. The van der Waals surface area contributed by atoms with E-state index >= 15 is 0 Å². The maximum atomic E-state index is 11.5. The van der Waals surface area contributed by atoms with Gasteiger partial charge >= 0.3 is 5.97 Å². The third-order valence-electron chi connectivity index (χ3n) is 6.28. The van der Waals surface area contributed by atoms with Crippen LogP contribution < -0.4 is 14.8 Å². The Labute approximate surface area is 209 Å². The molecule has 0 fully saturated rings. The van der Waals surface area contributed by atoms with E-state index < -0.39 is 16.1 Å². The SMILES string of the molecule is Cc1cc(C(=O)O)ccc1-c1c2cc/c(=[N+](/C)CCCS(=O)(=O)O)cc-2oc2cc(N(C)C)ccc12. The highest BCUT2D eigenvalue weighted by molar-refractivity contribution is 7.85. The number of carbonyl (C=O) groups is 1. The highest BCUT2D eigenvalue weighted by Gasteiger charge is 2.20. The first-order chi connectivity index (χ1) is 16.9. The van der Waals surface area contributed by atoms with Crippen LogP contribution in [0.4, 0.5) is 5.69 Å². The maximum Gasteiger partial charge on any atom is 0.335 e. The predicted octanol–water partition coefficient (Wildman–Crippen LogP) is 3.96. The first-order valence-electron chi connectivity index (χ1n) is 11.5. The number of nitrogens with zero attached hydrogens (tertiary/aromatic N) is 2. The molecular weight excluding hydrogens is 480 g/mol. The molecule has 0 amide bonds. The number of benzene rings is 3. The highest BCUT2D eigenvalue weighted by Crippen LogP contribution is 2.41. The fourth-order valence-electron chi connectivity index (χ4n) is 4.36. The number of carboxylic acid groups (broad SMARTS) is 1. The topological polar surface area (TPSA) is 111 Å². The fraction of sp³-hybridized carbons (Fsp3) is 0.259. The summed E-state index contributed by atoms with van der Waals surface area (Å²) in [6, 6.07) is 16.9. The van der Waals surface area contributed by atoms with Gasteiger partial charge in [-0.3, -0.25) is 4.55 Å². The van der Waals surface area contributed by atoms with Gasteiger partial charge in [-0.05, 0) is 48.4 Å². The van der Waals surface area contributed by atoms with Gasteiger partial charge in [-0.25, -0.2) is 9.37 Å². The Hall–Kier alpha value is -3.69. The standard InChI is InChI=1S/C27H28N2O6S/c1-17-14-18(27(30)31)6-9-21(17)26-22-10-7-19(28(2)3)15-24(22)35-25-16-20(8-11-23(25)26)29(4)12-5-13-36(32,33)34/h6-11,14-16H,5,12-13H2,1-4H3,(H-,30,31,32,33,34)/p+1. The monoisotopic (exact) mass is 509 g/mol. The number of anilines is 1. The van der Waals surface area contributed by atoms with Crippen molar-refractivity contribution in [1.82, 2.24) is 4.58 Å². The lowest BCUT2D eigenvalue weighted by atomic mass is 9.90. The predicted molar refractivity (Wildman–Crippen MR) is 141 cm³/mol. The first kappa shape index (κ1) is 25.4. The summed E-state index contributed by atoms with van der Waals surface area (Å²) in [5, 5.41) is 11.2. The molecule has 9 heteroatoms. The summed E-state index contributed by atoms with van der Waals surface area (Å²) < 4.78 is 39.4. The first-order valence-corrected chi connectivity index (χ1v) is 13.1. The van der Waals surface area contributed by atoms with Crippen LogP contribution in [0.2, 0.25) is 0 Å². The van der Waals surface area contributed by atoms with Crippen molar-refractivity contribution in [1.29, 1.82) is 0 Å². The average molecular weight is 510 g/mol. The molecule has 0 saturated heterocycles. The molecule has 0 unspecified atom stereocenters. The molecule has 0 spiro atoms. The average Bonchev–Trinajstić information content (AvgIpc) is 2.81. The van der Waals surface area contributed by atoms with Crippen LogP contribution >= 0.6 is 0 Å². The van der Waals surface area contributed by atoms with Crippen LogP contribution in [0.3, 0.4) is 0 Å². The van der Waals surface area contributed by atoms with Crippen molar-refractivity contribution >= 4 is 32.7 Å². The van der Waals surface area contributed by atoms with Crippen molar-refractivity contribution < 1.29 is 27.3 Å². The van der Waals surface area contributed by atoms with E-state index in [-0.39, 0.29) is 17.7 Å². The molecule has 0 saturated carbocycles. The Bertz CT molecular complexity index is 1620. The third-order valence-corrected chi connectivity index (χ3v) is 7.09. The van der Waals surface area contributed by atoms with Crippen molar-refractivity contribution in [3.63, 3.8) is 0 Å². The molecule has 4 rings (SSSR count). The smallest absolute Gasteiger partial charge is 0.335 e. The molecule has 8 nitrogen and oxygen atoms in total. The highest BCUT2D eigenvalue weighted by atomic mass is 32.2. The molecule has 2 aliphatic rings. The van der Waals surface area contributed by atoms with E-state index in [0.29, 0.717) is 17.9 Å². The van der Waals surface area contributed by atoms with Crippen molar-refractivity contribution in [3.8, 4) is 22.5 Å². The van der Waals surface area contributed by atoms with Crippen LogP contribution in [0.15, 0.2) is 59.0 Å². The molecule has 2 N–H and O–H groups in total. The summed E-state index contributed by atoms with van der Waals surface area (Å²) in [7, 11) is 1.76. The summed E-state index contributed by atoms with van der Waals surface area (Å²) in [5.74, 6) is -0.628. The third kappa shape index (κ3) is 5.27. The van der Waals surface area contributed by atoms with Gasteiger partial charge in [0.2, 0.25) is 5.36 Å². The van der Waals surface area contributed by atoms with Gasteiger partial charge < -0.3 is 14.4 Å². The van der Waals surface area contributed by atoms with E-state index in [1.807, 2.05) is 80.0 Å². The minimum Gasteiger partial charge on any atom is -0.478 e. The van der Waals surface area contributed by atoms with E-state index in [2.05, 4.69) is 0 Å². The van der Waals surface area contributed by atoms with Crippen LogP contribution in [0, 0.1) is 6.92 Å². The number of carboxylic acids is 1. The van der Waals surface area contributed by atoms with Crippen LogP contribution in [-0.4, -0.2) is 57.5 Å². The summed E-state index contributed by atoms with van der Waals surface area (Å²) >= 11 is 0. The molecule has 36 heavy (non-hydrogen) atoms. The van der Waals surface area contributed by atoms with Crippen molar-refractivity contribution in [3.05, 3.63) is 71.1 Å². The van der Waals surface area contributed by atoms with Gasteiger partial charge in [0.05, 0.1) is 17.4 Å². The van der Waals surface area contributed by atoms with Crippen LogP contribution in [0.25, 0.3) is 33.4 Å². The second kappa shape index (κ2) is 9.75. The van der Waals surface area contributed by atoms with Crippen molar-refractivity contribution in [2.45, 2.75) is 13.3 Å². The van der Waals surface area contributed by atoms with E-state index in [9.17, 15) is 18.3 Å². The number of hydrogen-bond acceptors (Lipinski definition) is 5. The minimum absolute atomic E-state index is 0.231. The van der Waals surface area contributed by atoms with E-state index in [4.69, 9.17) is 8.97 Å². The Morgan fingerprint density at radius 2 is 1.75 bits per heavy atom. The Morgan fingerprint density at radius 1 is 1.03 bits per heavy atom. The van der Waals surface area contributed by atoms with E-state index in [1.54, 1.807) is 12.1 Å². The molecule has 0 aromatic heterocycles. The van der Waals surface area contributed by atoms with Crippen LogP contribution in [0.5, 0.6) is 0 Å². The normalized spacial score (nSPS) is 12.7. The van der Waals surface area contributed by atoms with Crippen molar-refractivity contribution in [2.24, 2.45) is 0 Å². The molecule has 0 radical (unpaired) electrons. The molecule has 0 atom stereocenters. The molecular formula is C27H29N2O6S+. The summed E-state index contributed by atoms with van der Waals surface area (Å²) in [6.45, 7) is 2.33. The zero-order valence-electron chi connectivity index (χ0n) is 20.6. The van der Waals surface area contributed by atoms with Crippen LogP contribution in [-0.2, 0) is 10.1 Å². The largest absolute Gasteiger partial charge is 0.478 e. The lowest BCUT2D eigenvalue weighted by Crippen LogP contribution is -2.28. The number of aryl methyl sites for hydroxylation is 1. The Kier molecular flexibility index (Phi) is 6.88. The zero-order chi connectivity index (χ0) is 26.2. The lowest BCUT2D eigenvalue weighted by molar-refractivity contribution is 0.0696. The molecule has 2 aromatic rings. The van der Waals surface area contributed by atoms with Gasteiger partial charge in [-0.1, -0.05) is 6.07 Å². The van der Waals surface area contributed by atoms with Gasteiger partial charge in [-0.2, -0.15) is 8.42 Å². The number of fused-ring (bicyclic) bond motifs is 2. The molecule has 1 aliphatic carbocycles. The quantitative estimate of drug-likeness (QED) is 0.220. The molecule has 1 heterocycles. The summed E-state index contributed by atoms with van der Waals surface area (Å²) in [6.07, 6.45) is 0.287. The lowest BCUT2D eigenvalue weighted by Gasteiger charge is -2.19. The van der Waals surface area contributed by atoms with Crippen LogP contribution in [0.1, 0.15) is 22.3 Å². The van der Waals surface area contributed by atoms with Gasteiger partial charge in [0, 0.05) is 54.8 Å². The van der Waals surface area contributed by atoms with E-state index in [1.165, 1.54) is 0 Å². The molecule has 1 aliphatic heterocycles. The number of rotatable bonds is 7. The minimum atomic E-state index is -4.01. The van der Waals surface area contributed by atoms with Gasteiger partial charge in [-0.15, -0.1) is 0 Å². The number of hydrogen-bond donors (Lipinski definition) is 2. The van der Waals surface area contributed by atoms with Gasteiger partial charge in [0.25, 0.3) is 10.1 Å².